The van der Waals surface area contributed by atoms with Crippen LogP contribution in [0.2, 0.25) is 0 Å². The van der Waals surface area contributed by atoms with Crippen molar-refractivity contribution < 1.29 is 14.5 Å². The van der Waals surface area contributed by atoms with Crippen molar-refractivity contribution >= 4 is 11.7 Å². The fourth-order valence-corrected chi connectivity index (χ4v) is 1.40. The molecule has 0 unspecified atom stereocenters. The molecule has 1 aromatic carbocycles. The van der Waals surface area contributed by atoms with E-state index in [0.717, 1.165) is 0 Å². The Labute approximate surface area is 99.5 Å². The van der Waals surface area contributed by atoms with Crippen molar-refractivity contribution in [3.8, 4) is 5.75 Å². The van der Waals surface area contributed by atoms with Crippen LogP contribution in [0.1, 0.15) is 25.8 Å². The molecule has 0 fully saturated rings. The van der Waals surface area contributed by atoms with Gasteiger partial charge in [-0.05, 0) is 25.0 Å². The van der Waals surface area contributed by atoms with E-state index in [4.69, 9.17) is 4.74 Å². The van der Waals surface area contributed by atoms with Gasteiger partial charge < -0.3 is 4.74 Å². The van der Waals surface area contributed by atoms with Gasteiger partial charge in [0, 0.05) is 18.1 Å². The molecule has 0 aromatic heterocycles. The predicted molar refractivity (Wildman–Crippen MR) is 62.9 cm³/mol. The zero-order chi connectivity index (χ0) is 13.0. The molecule has 5 nitrogen and oxygen atoms in total. The Morgan fingerprint density at radius 1 is 1.47 bits per heavy atom. The third-order valence-corrected chi connectivity index (χ3v) is 2.17. The molecule has 0 saturated carbocycles. The first-order valence-corrected chi connectivity index (χ1v) is 5.36. The molecule has 1 rings (SSSR count). The first-order valence-electron chi connectivity index (χ1n) is 5.36. The highest BCUT2D eigenvalue weighted by atomic mass is 16.6. The lowest BCUT2D eigenvalue weighted by Crippen LogP contribution is -2.10. The largest absolute Gasteiger partial charge is 0.427 e. The molecule has 0 heterocycles. The molecule has 0 atom stereocenters. The highest BCUT2D eigenvalue weighted by molar-refractivity contribution is 5.72. The van der Waals surface area contributed by atoms with Gasteiger partial charge in [-0.3, -0.25) is 14.9 Å². The number of benzene rings is 1. The molecular formula is C12H15NO4. The average molecular weight is 237 g/mol. The Kier molecular flexibility index (Phi) is 4.20. The molecule has 0 radical (unpaired) electrons. The summed E-state index contributed by atoms with van der Waals surface area (Å²) in [6, 6.07) is 4.27. The number of nitro benzene ring substituents is 1. The van der Waals surface area contributed by atoms with Gasteiger partial charge in [0.25, 0.3) is 5.69 Å². The number of carbonyl (C=O) groups is 1. The van der Waals surface area contributed by atoms with Crippen LogP contribution in [-0.4, -0.2) is 10.9 Å². The topological polar surface area (TPSA) is 69.4 Å². The first-order chi connectivity index (χ1) is 7.90. The summed E-state index contributed by atoms with van der Waals surface area (Å²) < 4.78 is 5.08. The van der Waals surface area contributed by atoms with E-state index in [-0.39, 0.29) is 17.6 Å². The maximum Gasteiger partial charge on any atom is 0.311 e. The van der Waals surface area contributed by atoms with Crippen molar-refractivity contribution in [1.82, 2.24) is 0 Å². The molecule has 0 spiro atoms. The number of rotatable bonds is 4. The van der Waals surface area contributed by atoms with Crippen molar-refractivity contribution in [2.24, 2.45) is 5.92 Å². The van der Waals surface area contributed by atoms with Crippen LogP contribution in [0.5, 0.6) is 5.75 Å². The van der Waals surface area contributed by atoms with E-state index in [0.29, 0.717) is 17.7 Å². The zero-order valence-electron chi connectivity index (χ0n) is 10.1. The van der Waals surface area contributed by atoms with Gasteiger partial charge in [0.2, 0.25) is 0 Å². The van der Waals surface area contributed by atoms with Crippen LogP contribution in [0.15, 0.2) is 18.2 Å². The highest BCUT2D eigenvalue weighted by Crippen LogP contribution is 2.23. The minimum absolute atomic E-state index is 0.0219. The van der Waals surface area contributed by atoms with Crippen LogP contribution in [0.3, 0.4) is 0 Å². The summed E-state index contributed by atoms with van der Waals surface area (Å²) in [5.41, 5.74) is 0.499. The Balaban J connectivity index is 2.77. The fraction of sp³-hybridized carbons (Fsp3) is 0.417. The number of esters is 1. The van der Waals surface area contributed by atoms with Gasteiger partial charge in [-0.15, -0.1) is 0 Å². The van der Waals surface area contributed by atoms with Gasteiger partial charge >= 0.3 is 5.97 Å². The van der Waals surface area contributed by atoms with Crippen LogP contribution in [0, 0.1) is 23.0 Å². The lowest BCUT2D eigenvalue weighted by molar-refractivity contribution is -0.385. The predicted octanol–water partition coefficient (Wildman–Crippen LogP) is 2.85. The second kappa shape index (κ2) is 5.43. The smallest absolute Gasteiger partial charge is 0.311 e. The van der Waals surface area contributed by atoms with Crippen LogP contribution >= 0.6 is 0 Å². The molecule has 17 heavy (non-hydrogen) atoms. The molecule has 0 saturated heterocycles. The summed E-state index contributed by atoms with van der Waals surface area (Å²) in [6.45, 7) is 5.45. The second-order valence-electron chi connectivity index (χ2n) is 4.28. The molecule has 1 aromatic rings. The van der Waals surface area contributed by atoms with Gasteiger partial charge in [-0.2, -0.15) is 0 Å². The monoisotopic (exact) mass is 237 g/mol. The van der Waals surface area contributed by atoms with E-state index < -0.39 is 4.92 Å². The summed E-state index contributed by atoms with van der Waals surface area (Å²) >= 11 is 0. The summed E-state index contributed by atoms with van der Waals surface area (Å²) in [5, 5.41) is 10.6. The van der Waals surface area contributed by atoms with E-state index in [1.165, 1.54) is 18.2 Å². The lowest BCUT2D eigenvalue weighted by Gasteiger charge is -2.06. The molecular weight excluding hydrogens is 222 g/mol. The van der Waals surface area contributed by atoms with E-state index in [1.54, 1.807) is 6.92 Å². The molecule has 0 bridgehead atoms. The Morgan fingerprint density at radius 3 is 2.59 bits per heavy atom. The van der Waals surface area contributed by atoms with Crippen LogP contribution in [-0.2, 0) is 4.79 Å². The minimum atomic E-state index is -0.463. The first kappa shape index (κ1) is 13.2. The number of carbonyl (C=O) groups excluding carboxylic acids is 1. The van der Waals surface area contributed by atoms with Crippen molar-refractivity contribution in [2.45, 2.75) is 27.2 Å². The number of hydrogen-bond acceptors (Lipinski definition) is 4. The van der Waals surface area contributed by atoms with Crippen molar-refractivity contribution in [2.75, 3.05) is 0 Å². The molecule has 0 aliphatic heterocycles. The standard InChI is InChI=1S/C12H15NO4/c1-8(2)6-12(14)17-10-4-5-11(13(15)16)9(3)7-10/h4-5,7-8H,6H2,1-3H3. The average Bonchev–Trinajstić information content (AvgIpc) is 2.15. The number of aryl methyl sites for hydroxylation is 1. The lowest BCUT2D eigenvalue weighted by atomic mass is 10.1. The van der Waals surface area contributed by atoms with Gasteiger partial charge in [0.1, 0.15) is 5.75 Å². The van der Waals surface area contributed by atoms with E-state index >= 15 is 0 Å². The van der Waals surface area contributed by atoms with Crippen LogP contribution < -0.4 is 4.74 Å². The van der Waals surface area contributed by atoms with E-state index in [9.17, 15) is 14.9 Å². The highest BCUT2D eigenvalue weighted by Gasteiger charge is 2.13. The number of hydrogen-bond donors (Lipinski definition) is 0. The second-order valence-corrected chi connectivity index (χ2v) is 4.28. The molecule has 0 aliphatic carbocycles. The Bertz CT molecular complexity index is 440. The summed E-state index contributed by atoms with van der Waals surface area (Å²) in [6.07, 6.45) is 0.329. The quantitative estimate of drug-likeness (QED) is 0.349. The molecule has 0 amide bonds. The molecule has 0 aliphatic rings. The van der Waals surface area contributed by atoms with Crippen molar-refractivity contribution in [3.05, 3.63) is 33.9 Å². The summed E-state index contributed by atoms with van der Waals surface area (Å²) in [4.78, 5) is 21.5. The third kappa shape index (κ3) is 3.86. The van der Waals surface area contributed by atoms with Crippen molar-refractivity contribution in [3.63, 3.8) is 0 Å². The maximum atomic E-state index is 11.4. The zero-order valence-corrected chi connectivity index (χ0v) is 10.1. The van der Waals surface area contributed by atoms with E-state index in [2.05, 4.69) is 0 Å². The SMILES string of the molecule is Cc1cc(OC(=O)CC(C)C)ccc1[N+](=O)[O-]. The number of nitro groups is 1. The van der Waals surface area contributed by atoms with Gasteiger partial charge in [0.05, 0.1) is 4.92 Å². The summed E-state index contributed by atoms with van der Waals surface area (Å²) in [7, 11) is 0. The normalized spacial score (nSPS) is 10.4. The van der Waals surface area contributed by atoms with Gasteiger partial charge in [-0.1, -0.05) is 13.8 Å². The van der Waals surface area contributed by atoms with Crippen LogP contribution in [0.4, 0.5) is 5.69 Å². The molecule has 0 N–H and O–H groups in total. The number of nitrogens with zero attached hydrogens (tertiary/aromatic N) is 1. The summed E-state index contributed by atoms with van der Waals surface area (Å²) in [5.74, 6) is 0.244. The fourth-order valence-electron chi connectivity index (χ4n) is 1.40. The third-order valence-electron chi connectivity index (χ3n) is 2.17. The maximum absolute atomic E-state index is 11.4. The molecule has 5 heteroatoms. The molecule has 92 valence electrons. The van der Waals surface area contributed by atoms with Gasteiger partial charge in [0.15, 0.2) is 0 Å². The Morgan fingerprint density at radius 2 is 2.12 bits per heavy atom. The van der Waals surface area contributed by atoms with E-state index in [1.807, 2.05) is 13.8 Å². The van der Waals surface area contributed by atoms with Crippen LogP contribution in [0.25, 0.3) is 0 Å². The van der Waals surface area contributed by atoms with Gasteiger partial charge in [-0.25, -0.2) is 0 Å². The Hall–Kier alpha value is -1.91. The van der Waals surface area contributed by atoms with Crippen molar-refractivity contribution in [1.29, 1.82) is 0 Å². The minimum Gasteiger partial charge on any atom is -0.427 e. The number of ether oxygens (including phenoxy) is 1.